The van der Waals surface area contributed by atoms with Gasteiger partial charge in [0.1, 0.15) is 36.5 Å². The van der Waals surface area contributed by atoms with E-state index in [9.17, 15) is 13.2 Å². The molecule has 35 heavy (non-hydrogen) atoms. The van der Waals surface area contributed by atoms with Crippen molar-refractivity contribution in [3.05, 3.63) is 41.7 Å². The molecule has 0 bridgehead atoms. The fourth-order valence-corrected chi connectivity index (χ4v) is 4.44. The van der Waals surface area contributed by atoms with Crippen LogP contribution in [0.4, 0.5) is 4.79 Å². The number of aromatic nitrogens is 2. The highest BCUT2D eigenvalue weighted by Crippen LogP contribution is 2.32. The Kier molecular flexibility index (Phi) is 7.15. The average molecular weight is 508 g/mol. The van der Waals surface area contributed by atoms with Crippen LogP contribution >= 0.6 is 0 Å². The maximum atomic E-state index is 12.3. The molecule has 2 saturated heterocycles. The van der Waals surface area contributed by atoms with Gasteiger partial charge in [-0.3, -0.25) is 0 Å². The van der Waals surface area contributed by atoms with Crippen molar-refractivity contribution in [2.24, 2.45) is 0 Å². The van der Waals surface area contributed by atoms with Crippen molar-refractivity contribution in [1.82, 2.24) is 14.9 Å². The molecule has 3 heterocycles. The average Bonchev–Trinajstić information content (AvgIpc) is 3.16. The number of carbonyl (C=O) groups is 1. The monoisotopic (exact) mass is 507 g/mol. The van der Waals surface area contributed by atoms with E-state index in [1.54, 1.807) is 29.2 Å². The fraction of sp³-hybridized carbons (Fsp3) is 0.522. The van der Waals surface area contributed by atoms with Crippen LogP contribution in [0, 0.1) is 6.92 Å². The molecule has 12 heteroatoms. The van der Waals surface area contributed by atoms with Gasteiger partial charge in [0.15, 0.2) is 0 Å². The molecule has 2 aliphatic rings. The number of carbonyl (C=O) groups excluding carboxylic acids is 1. The van der Waals surface area contributed by atoms with Crippen molar-refractivity contribution in [1.29, 1.82) is 0 Å². The molecule has 0 aliphatic carbocycles. The number of likely N-dealkylation sites (tertiary alicyclic amines) is 1. The third-order valence-electron chi connectivity index (χ3n) is 5.43. The quantitative estimate of drug-likeness (QED) is 0.591. The zero-order valence-corrected chi connectivity index (χ0v) is 20.9. The molecule has 2 fully saturated rings. The first kappa shape index (κ1) is 25.1. The van der Waals surface area contributed by atoms with Crippen LogP contribution in [0.3, 0.4) is 0 Å². The minimum absolute atomic E-state index is 0.0645. The molecule has 0 spiro atoms. The summed E-state index contributed by atoms with van der Waals surface area (Å²) in [5, 5.41) is 0. The number of rotatable bonds is 5. The molecule has 1 amide bonds. The predicted octanol–water partition coefficient (Wildman–Crippen LogP) is 3.69. The van der Waals surface area contributed by atoms with Gasteiger partial charge in [-0.2, -0.15) is 8.42 Å². The lowest BCUT2D eigenvalue weighted by molar-refractivity contribution is 0.0122. The number of hydrogen-bond acceptors (Lipinski definition) is 10. The highest BCUT2D eigenvalue weighted by atomic mass is 32.3. The lowest BCUT2D eigenvalue weighted by atomic mass is 10.1. The molecule has 190 valence electrons. The molecule has 1 aromatic heterocycles. The summed E-state index contributed by atoms with van der Waals surface area (Å²) >= 11 is 0. The van der Waals surface area contributed by atoms with E-state index in [1.165, 1.54) is 6.33 Å². The summed E-state index contributed by atoms with van der Waals surface area (Å²) < 4.78 is 49.6. The molecule has 1 aromatic carbocycles. The molecule has 4 rings (SSSR count). The molecule has 0 N–H and O–H groups in total. The maximum Gasteiger partial charge on any atom is 0.410 e. The normalized spacial score (nSPS) is 20.5. The van der Waals surface area contributed by atoms with Crippen LogP contribution in [0.5, 0.6) is 17.5 Å². The summed E-state index contributed by atoms with van der Waals surface area (Å²) in [6, 6.07) is 6.80. The number of nitrogens with zero attached hydrogens (tertiary/aromatic N) is 3. The van der Waals surface area contributed by atoms with E-state index in [-0.39, 0.29) is 18.8 Å². The van der Waals surface area contributed by atoms with Gasteiger partial charge in [0.2, 0.25) is 11.8 Å². The smallest absolute Gasteiger partial charge is 0.410 e. The van der Waals surface area contributed by atoms with Gasteiger partial charge < -0.3 is 19.1 Å². The Balaban J connectivity index is 1.34. The van der Waals surface area contributed by atoms with Crippen molar-refractivity contribution in [3.8, 4) is 17.5 Å². The van der Waals surface area contributed by atoms with Crippen molar-refractivity contribution in [3.63, 3.8) is 0 Å². The zero-order valence-electron chi connectivity index (χ0n) is 20.1. The highest BCUT2D eigenvalue weighted by Gasteiger charge is 2.31. The SMILES string of the molecule is Cc1c(Oc2ccc(C3COS(=O)(=O)O3)cc2)ncnc1OC1CCN(C(=O)OC(C)(C)C)CC1. The van der Waals surface area contributed by atoms with Gasteiger partial charge in [0.25, 0.3) is 0 Å². The molecule has 1 atom stereocenters. The summed E-state index contributed by atoms with van der Waals surface area (Å²) in [5.41, 5.74) is 0.766. The number of piperidine rings is 1. The molecule has 2 aliphatic heterocycles. The summed E-state index contributed by atoms with van der Waals surface area (Å²) in [7, 11) is -3.93. The van der Waals surface area contributed by atoms with Gasteiger partial charge >= 0.3 is 16.5 Å². The van der Waals surface area contributed by atoms with Crippen LogP contribution in [0.1, 0.15) is 50.8 Å². The van der Waals surface area contributed by atoms with E-state index < -0.39 is 22.1 Å². The van der Waals surface area contributed by atoms with Gasteiger partial charge in [0.05, 0.1) is 5.56 Å². The molecular formula is C23H29N3O8S. The summed E-state index contributed by atoms with van der Waals surface area (Å²) in [4.78, 5) is 22.4. The summed E-state index contributed by atoms with van der Waals surface area (Å²) in [5.74, 6) is 1.27. The lowest BCUT2D eigenvalue weighted by Crippen LogP contribution is -2.44. The van der Waals surface area contributed by atoms with Crippen molar-refractivity contribution in [2.45, 2.75) is 58.3 Å². The Morgan fingerprint density at radius 3 is 2.34 bits per heavy atom. The third kappa shape index (κ3) is 6.59. The predicted molar refractivity (Wildman–Crippen MR) is 123 cm³/mol. The Bertz CT molecular complexity index is 1160. The Morgan fingerprint density at radius 1 is 1.09 bits per heavy atom. The van der Waals surface area contributed by atoms with Crippen LogP contribution in [-0.2, 0) is 23.5 Å². The molecule has 0 saturated carbocycles. The summed E-state index contributed by atoms with van der Waals surface area (Å²) in [6.45, 7) is 8.36. The topological polar surface area (TPSA) is 126 Å². The van der Waals surface area contributed by atoms with Crippen LogP contribution in [0.15, 0.2) is 30.6 Å². The first-order chi connectivity index (χ1) is 16.5. The van der Waals surface area contributed by atoms with E-state index in [0.717, 1.165) is 0 Å². The number of benzene rings is 1. The second-order valence-electron chi connectivity index (χ2n) is 9.34. The van der Waals surface area contributed by atoms with Crippen molar-refractivity contribution < 1.29 is 35.8 Å². The first-order valence-corrected chi connectivity index (χ1v) is 12.6. The maximum absolute atomic E-state index is 12.3. The number of ether oxygens (including phenoxy) is 3. The van der Waals surface area contributed by atoms with Crippen molar-refractivity contribution >= 4 is 16.5 Å². The van der Waals surface area contributed by atoms with Gasteiger partial charge in [-0.05, 0) is 45.4 Å². The molecule has 0 radical (unpaired) electrons. The fourth-order valence-electron chi connectivity index (χ4n) is 3.64. The minimum Gasteiger partial charge on any atom is -0.474 e. The van der Waals surface area contributed by atoms with Crippen molar-refractivity contribution in [2.75, 3.05) is 19.7 Å². The molecule has 11 nitrogen and oxygen atoms in total. The number of amides is 1. The van der Waals surface area contributed by atoms with E-state index in [2.05, 4.69) is 14.2 Å². The van der Waals surface area contributed by atoms with Crippen LogP contribution in [0.25, 0.3) is 0 Å². The van der Waals surface area contributed by atoms with E-state index >= 15 is 0 Å². The lowest BCUT2D eigenvalue weighted by Gasteiger charge is -2.33. The Morgan fingerprint density at radius 2 is 1.74 bits per heavy atom. The third-order valence-corrected chi connectivity index (χ3v) is 6.32. The van der Waals surface area contributed by atoms with E-state index in [4.69, 9.17) is 18.4 Å². The van der Waals surface area contributed by atoms with Crippen LogP contribution in [-0.4, -0.2) is 60.8 Å². The minimum atomic E-state index is -3.93. The largest absolute Gasteiger partial charge is 0.474 e. The second kappa shape index (κ2) is 9.96. The van der Waals surface area contributed by atoms with Gasteiger partial charge in [-0.15, -0.1) is 0 Å². The van der Waals surface area contributed by atoms with Gasteiger partial charge in [-0.25, -0.2) is 23.1 Å². The van der Waals surface area contributed by atoms with Crippen LogP contribution in [0.2, 0.25) is 0 Å². The Labute approximate surface area is 204 Å². The zero-order chi connectivity index (χ0) is 25.2. The first-order valence-electron chi connectivity index (χ1n) is 11.3. The Hall–Kier alpha value is -2.96. The van der Waals surface area contributed by atoms with E-state index in [1.807, 2.05) is 27.7 Å². The highest BCUT2D eigenvalue weighted by molar-refractivity contribution is 7.82. The standard InChI is InChI=1S/C23H29N3O8S/c1-15-20(31-17-7-5-16(6-8-17)19-13-30-35(28,29)34-19)24-14-25-21(15)32-18-9-11-26(12-10-18)22(27)33-23(2,3)4/h5-8,14,18-19H,9-13H2,1-4H3. The molecule has 1 unspecified atom stereocenters. The molecular weight excluding hydrogens is 478 g/mol. The second-order valence-corrected chi connectivity index (χ2v) is 10.6. The van der Waals surface area contributed by atoms with Gasteiger partial charge in [-0.1, -0.05) is 12.1 Å². The summed E-state index contributed by atoms with van der Waals surface area (Å²) in [6.07, 6.45) is 1.59. The number of hydrogen-bond donors (Lipinski definition) is 0. The van der Waals surface area contributed by atoms with E-state index in [0.29, 0.717) is 54.6 Å². The van der Waals surface area contributed by atoms with Crippen LogP contribution < -0.4 is 9.47 Å². The molecule has 2 aromatic rings. The van der Waals surface area contributed by atoms with Gasteiger partial charge in [0, 0.05) is 25.9 Å².